The zero-order valence-corrected chi connectivity index (χ0v) is 16.7. The van der Waals surface area contributed by atoms with E-state index in [9.17, 15) is 9.59 Å². The molecule has 0 saturated carbocycles. The molecule has 152 valence electrons. The van der Waals surface area contributed by atoms with Crippen LogP contribution in [0.1, 0.15) is 19.8 Å². The van der Waals surface area contributed by atoms with Crippen LogP contribution in [0.25, 0.3) is 0 Å². The fraction of sp³-hybridized carbons (Fsp3) is 0.619. The lowest BCUT2D eigenvalue weighted by Gasteiger charge is -2.47. The van der Waals surface area contributed by atoms with Gasteiger partial charge in [-0.25, -0.2) is 0 Å². The number of carbonyl (C=O) groups is 2. The van der Waals surface area contributed by atoms with Crippen LogP contribution in [0.2, 0.25) is 0 Å². The van der Waals surface area contributed by atoms with Gasteiger partial charge in [0, 0.05) is 32.6 Å². The van der Waals surface area contributed by atoms with Crippen molar-refractivity contribution in [1.29, 1.82) is 0 Å². The van der Waals surface area contributed by atoms with Crippen molar-refractivity contribution in [3.05, 3.63) is 24.3 Å². The fourth-order valence-corrected chi connectivity index (χ4v) is 4.69. The Bertz CT molecular complexity index is 740. The summed E-state index contributed by atoms with van der Waals surface area (Å²) in [6.45, 7) is 6.59. The number of anilines is 1. The maximum absolute atomic E-state index is 13.4. The molecular formula is C21H29N3O4. The minimum atomic E-state index is -0.312. The van der Waals surface area contributed by atoms with Crippen molar-refractivity contribution in [2.24, 2.45) is 5.92 Å². The molecule has 0 radical (unpaired) electrons. The summed E-state index contributed by atoms with van der Waals surface area (Å²) >= 11 is 0. The van der Waals surface area contributed by atoms with E-state index in [0.717, 1.165) is 31.7 Å². The number of hydrogen-bond acceptors (Lipinski definition) is 5. The average molecular weight is 387 g/mol. The van der Waals surface area contributed by atoms with Crippen LogP contribution in [-0.2, 0) is 14.3 Å². The van der Waals surface area contributed by atoms with Crippen molar-refractivity contribution in [3.63, 3.8) is 0 Å². The Morgan fingerprint density at radius 3 is 2.86 bits per heavy atom. The number of morpholine rings is 1. The first kappa shape index (κ1) is 19.2. The summed E-state index contributed by atoms with van der Waals surface area (Å²) in [7, 11) is 1.60. The molecule has 3 aliphatic rings. The second kappa shape index (κ2) is 8.09. The molecule has 3 heterocycles. The second-order valence-electron chi connectivity index (χ2n) is 7.77. The number of methoxy groups -OCH3 is 1. The monoisotopic (exact) mass is 387 g/mol. The number of fused-ring (bicyclic) bond motifs is 1. The minimum absolute atomic E-state index is 0.0218. The minimum Gasteiger partial charge on any atom is -0.495 e. The SMILES string of the molecule is CCN1CC[C@H]2OCCN(C(=O)C3CC(=O)N(c4ccccc4OC)C3)[C@H]2C1. The van der Waals surface area contributed by atoms with Crippen LogP contribution in [0.5, 0.6) is 5.75 Å². The lowest BCUT2D eigenvalue weighted by Crippen LogP contribution is -2.62. The Labute approximate surface area is 166 Å². The van der Waals surface area contributed by atoms with Crippen LogP contribution >= 0.6 is 0 Å². The quantitative estimate of drug-likeness (QED) is 0.781. The zero-order valence-electron chi connectivity index (χ0n) is 16.7. The summed E-state index contributed by atoms with van der Waals surface area (Å²) in [6.07, 6.45) is 1.32. The third-order valence-electron chi connectivity index (χ3n) is 6.25. The van der Waals surface area contributed by atoms with E-state index in [1.54, 1.807) is 12.0 Å². The lowest BCUT2D eigenvalue weighted by atomic mass is 9.96. The third-order valence-corrected chi connectivity index (χ3v) is 6.25. The van der Waals surface area contributed by atoms with Gasteiger partial charge in [0.1, 0.15) is 5.75 Å². The largest absolute Gasteiger partial charge is 0.495 e. The molecule has 3 fully saturated rings. The highest BCUT2D eigenvalue weighted by atomic mass is 16.5. The summed E-state index contributed by atoms with van der Waals surface area (Å²) in [5.74, 6) is 0.405. The van der Waals surface area contributed by atoms with Crippen LogP contribution in [0.3, 0.4) is 0 Å². The molecule has 4 rings (SSSR count). The molecule has 0 N–H and O–H groups in total. The van der Waals surface area contributed by atoms with E-state index in [1.807, 2.05) is 29.2 Å². The van der Waals surface area contributed by atoms with E-state index in [2.05, 4.69) is 11.8 Å². The van der Waals surface area contributed by atoms with Crippen molar-refractivity contribution in [3.8, 4) is 5.75 Å². The molecule has 1 unspecified atom stereocenters. The molecular weight excluding hydrogens is 358 g/mol. The van der Waals surface area contributed by atoms with Gasteiger partial charge in [0.05, 0.1) is 37.5 Å². The van der Waals surface area contributed by atoms with Crippen LogP contribution in [-0.4, -0.2) is 80.2 Å². The number of likely N-dealkylation sites (tertiary alicyclic amines) is 1. The molecule has 0 bridgehead atoms. The summed E-state index contributed by atoms with van der Waals surface area (Å²) in [5.41, 5.74) is 0.736. The van der Waals surface area contributed by atoms with Crippen molar-refractivity contribution < 1.29 is 19.1 Å². The normalized spacial score (nSPS) is 28.4. The summed E-state index contributed by atoms with van der Waals surface area (Å²) in [6, 6.07) is 7.56. The molecule has 3 aliphatic heterocycles. The highest BCUT2D eigenvalue weighted by Crippen LogP contribution is 2.34. The van der Waals surface area contributed by atoms with Gasteiger partial charge in [0.25, 0.3) is 0 Å². The number of benzene rings is 1. The standard InChI is InChI=1S/C21H29N3O4/c1-3-22-9-8-19-17(14-22)23(10-11-28-19)21(26)15-12-20(25)24(13-15)16-6-4-5-7-18(16)27-2/h4-7,15,17,19H,3,8-14H2,1-2H3/t15?,17-,19+/m0/s1. The van der Waals surface area contributed by atoms with E-state index in [1.165, 1.54) is 0 Å². The molecule has 0 spiro atoms. The molecule has 3 atom stereocenters. The Balaban J connectivity index is 1.50. The maximum atomic E-state index is 13.4. The number of nitrogens with zero attached hydrogens (tertiary/aromatic N) is 3. The van der Waals surface area contributed by atoms with Crippen molar-refractivity contribution in [2.45, 2.75) is 31.9 Å². The Kier molecular flexibility index (Phi) is 5.55. The molecule has 7 heteroatoms. The van der Waals surface area contributed by atoms with E-state index in [0.29, 0.717) is 25.4 Å². The number of hydrogen-bond donors (Lipinski definition) is 0. The highest BCUT2D eigenvalue weighted by Gasteiger charge is 2.44. The van der Waals surface area contributed by atoms with Crippen LogP contribution < -0.4 is 9.64 Å². The number of likely N-dealkylation sites (N-methyl/N-ethyl adjacent to an activating group) is 1. The molecule has 7 nitrogen and oxygen atoms in total. The second-order valence-corrected chi connectivity index (χ2v) is 7.77. The van der Waals surface area contributed by atoms with E-state index in [4.69, 9.17) is 9.47 Å². The number of para-hydroxylation sites is 2. The lowest BCUT2D eigenvalue weighted by molar-refractivity contribution is -0.156. The topological polar surface area (TPSA) is 62.3 Å². The number of carbonyl (C=O) groups excluding carboxylic acids is 2. The van der Waals surface area contributed by atoms with Gasteiger partial charge in [0.15, 0.2) is 0 Å². The predicted octanol–water partition coefficient (Wildman–Crippen LogP) is 1.37. The predicted molar refractivity (Wildman–Crippen MR) is 105 cm³/mol. The number of rotatable bonds is 4. The maximum Gasteiger partial charge on any atom is 0.228 e. The van der Waals surface area contributed by atoms with Crippen molar-refractivity contribution >= 4 is 17.5 Å². The molecule has 3 saturated heterocycles. The molecule has 2 amide bonds. The van der Waals surface area contributed by atoms with Gasteiger partial charge < -0.3 is 24.2 Å². The van der Waals surface area contributed by atoms with Gasteiger partial charge in [-0.05, 0) is 25.1 Å². The average Bonchev–Trinajstić information content (AvgIpc) is 3.13. The first-order chi connectivity index (χ1) is 13.6. The summed E-state index contributed by atoms with van der Waals surface area (Å²) in [4.78, 5) is 32.1. The Morgan fingerprint density at radius 2 is 2.07 bits per heavy atom. The van der Waals surface area contributed by atoms with Crippen LogP contribution in [0, 0.1) is 5.92 Å². The van der Waals surface area contributed by atoms with Crippen molar-refractivity contribution in [2.75, 3.05) is 51.3 Å². The molecule has 0 aromatic heterocycles. The number of amides is 2. The zero-order chi connectivity index (χ0) is 19.7. The van der Waals surface area contributed by atoms with Crippen molar-refractivity contribution in [1.82, 2.24) is 9.80 Å². The number of ether oxygens (including phenoxy) is 2. The molecule has 0 aliphatic carbocycles. The molecule has 28 heavy (non-hydrogen) atoms. The number of piperidine rings is 1. The first-order valence-corrected chi connectivity index (χ1v) is 10.2. The first-order valence-electron chi connectivity index (χ1n) is 10.2. The van der Waals surface area contributed by atoms with Gasteiger partial charge >= 0.3 is 0 Å². The summed E-state index contributed by atoms with van der Waals surface area (Å²) in [5, 5.41) is 0. The van der Waals surface area contributed by atoms with Gasteiger partial charge in [-0.2, -0.15) is 0 Å². The Hall–Kier alpha value is -2.12. The van der Waals surface area contributed by atoms with Crippen LogP contribution in [0.4, 0.5) is 5.69 Å². The third kappa shape index (κ3) is 3.49. The van der Waals surface area contributed by atoms with Gasteiger partial charge in [-0.15, -0.1) is 0 Å². The highest BCUT2D eigenvalue weighted by molar-refractivity contribution is 6.01. The van der Waals surface area contributed by atoms with E-state index in [-0.39, 0.29) is 36.3 Å². The summed E-state index contributed by atoms with van der Waals surface area (Å²) < 4.78 is 11.3. The van der Waals surface area contributed by atoms with E-state index < -0.39 is 0 Å². The molecule has 1 aromatic rings. The van der Waals surface area contributed by atoms with E-state index >= 15 is 0 Å². The Morgan fingerprint density at radius 1 is 1.25 bits per heavy atom. The van der Waals surface area contributed by atoms with Gasteiger partial charge in [-0.1, -0.05) is 19.1 Å². The molecule has 1 aromatic carbocycles. The smallest absolute Gasteiger partial charge is 0.228 e. The fourth-order valence-electron chi connectivity index (χ4n) is 4.69. The van der Waals surface area contributed by atoms with Gasteiger partial charge in [0.2, 0.25) is 11.8 Å². The van der Waals surface area contributed by atoms with Crippen LogP contribution in [0.15, 0.2) is 24.3 Å². The van der Waals surface area contributed by atoms with Gasteiger partial charge in [-0.3, -0.25) is 9.59 Å².